The molecule has 0 bridgehead atoms. The zero-order chi connectivity index (χ0) is 36.3. The second-order valence-electron chi connectivity index (χ2n) is 10.2. The predicted molar refractivity (Wildman–Crippen MR) is 186 cm³/mol. The molecule has 0 saturated heterocycles. The van der Waals surface area contributed by atoms with Crippen molar-refractivity contribution < 1.29 is 63.4 Å². The predicted octanol–water partition coefficient (Wildman–Crippen LogP) is 0.569. The van der Waals surface area contributed by atoms with Crippen molar-refractivity contribution in [2.45, 2.75) is 6.42 Å². The fourth-order valence-corrected chi connectivity index (χ4v) is 4.94. The van der Waals surface area contributed by atoms with Gasteiger partial charge in [0.2, 0.25) is 0 Å². The highest BCUT2D eigenvalue weighted by molar-refractivity contribution is 5.65. The lowest BCUT2D eigenvalue weighted by molar-refractivity contribution is 0.0884. The van der Waals surface area contributed by atoms with E-state index in [2.05, 4.69) is 9.80 Å². The van der Waals surface area contributed by atoms with Crippen LogP contribution in [0, 0.1) is 0 Å². The first-order valence-electron chi connectivity index (χ1n) is 16.2. The minimum atomic E-state index is -0.0556. The van der Waals surface area contributed by atoms with Crippen LogP contribution in [0.5, 0.6) is 23.0 Å². The van der Waals surface area contributed by atoms with Gasteiger partial charge < -0.3 is 73.2 Å². The molecule has 282 valence electrons. The molecule has 0 aliphatic carbocycles. The van der Waals surface area contributed by atoms with Crippen molar-refractivity contribution in [2.24, 2.45) is 0 Å². The molecule has 0 atom stereocenters. The van der Waals surface area contributed by atoms with Gasteiger partial charge in [0, 0.05) is 86.5 Å². The summed E-state index contributed by atoms with van der Waals surface area (Å²) in [4.78, 5) is 4.14. The van der Waals surface area contributed by atoms with Crippen LogP contribution in [-0.4, -0.2) is 167 Å². The van der Waals surface area contributed by atoms with Crippen molar-refractivity contribution in [3.8, 4) is 23.0 Å². The molecule has 0 radical (unpaired) electrons. The number of methoxy groups -OCH3 is 4. The van der Waals surface area contributed by atoms with Crippen LogP contribution >= 0.6 is 0 Å². The molecule has 2 aromatic rings. The van der Waals surface area contributed by atoms with Crippen LogP contribution in [-0.2, 0) is 25.4 Å². The lowest BCUT2D eigenvalue weighted by atomic mass is 9.99. The highest BCUT2D eigenvalue weighted by Gasteiger charge is 2.22. The van der Waals surface area contributed by atoms with Gasteiger partial charge in [0.25, 0.3) is 0 Å². The molecule has 0 fully saturated rings. The van der Waals surface area contributed by atoms with E-state index < -0.39 is 0 Å². The molecule has 0 amide bonds. The van der Waals surface area contributed by atoms with Crippen LogP contribution in [0.2, 0.25) is 0 Å². The van der Waals surface area contributed by atoms with Crippen molar-refractivity contribution >= 4 is 11.4 Å². The number of benzene rings is 2. The van der Waals surface area contributed by atoms with Gasteiger partial charge in [-0.3, -0.25) is 0 Å². The third kappa shape index (κ3) is 15.5. The Morgan fingerprint density at radius 1 is 0.429 bits per heavy atom. The molecular formula is C34H58N2O13. The lowest BCUT2D eigenvalue weighted by Crippen LogP contribution is -2.31. The Hall–Kier alpha value is -3.12. The van der Waals surface area contributed by atoms with Gasteiger partial charge in [0.1, 0.15) is 23.0 Å². The molecular weight excluding hydrogens is 644 g/mol. The molecule has 0 aromatic heterocycles. The van der Waals surface area contributed by atoms with Gasteiger partial charge in [0.15, 0.2) is 0 Å². The molecule has 15 nitrogen and oxygen atoms in total. The fourth-order valence-electron chi connectivity index (χ4n) is 4.94. The van der Waals surface area contributed by atoms with Crippen LogP contribution in [0.15, 0.2) is 24.3 Å². The second kappa shape index (κ2) is 27.7. The molecule has 0 spiro atoms. The average molecular weight is 703 g/mol. The summed E-state index contributed by atoms with van der Waals surface area (Å²) in [5.41, 5.74) is 3.25. The summed E-state index contributed by atoms with van der Waals surface area (Å²) in [5, 5.41) is 43.4. The maximum atomic E-state index is 9.10. The van der Waals surface area contributed by atoms with E-state index in [4.69, 9.17) is 63.4 Å². The highest BCUT2D eigenvalue weighted by Crippen LogP contribution is 2.41. The van der Waals surface area contributed by atoms with Crippen molar-refractivity contribution in [3.63, 3.8) is 0 Å². The lowest BCUT2D eigenvalue weighted by Gasteiger charge is -2.28. The summed E-state index contributed by atoms with van der Waals surface area (Å²) in [6.45, 7) is 4.47. The van der Waals surface area contributed by atoms with E-state index in [-0.39, 0.29) is 52.9 Å². The van der Waals surface area contributed by atoms with Crippen LogP contribution in [0.4, 0.5) is 11.4 Å². The molecule has 49 heavy (non-hydrogen) atoms. The molecule has 2 rings (SSSR count). The van der Waals surface area contributed by atoms with E-state index in [0.717, 1.165) is 29.6 Å². The number of hydrogen-bond acceptors (Lipinski definition) is 15. The zero-order valence-corrected chi connectivity index (χ0v) is 29.7. The molecule has 0 aliphatic rings. The first-order chi connectivity index (χ1) is 24.0. The Balaban J connectivity index is 0.00000589. The Morgan fingerprint density at radius 3 is 0.878 bits per heavy atom. The second-order valence-corrected chi connectivity index (χ2v) is 10.2. The van der Waals surface area contributed by atoms with E-state index in [1.165, 1.54) is 0 Å². The summed E-state index contributed by atoms with van der Waals surface area (Å²) in [7, 11) is 7.42. The van der Waals surface area contributed by atoms with Crippen LogP contribution < -0.4 is 28.7 Å². The molecule has 15 heteroatoms. The standard InChI is InChI=1S/C33H54N2O12.CH4O/c1-40-30-21-26(34(5-13-44-17-9-36)6-14-45-18-10-37)22-31(41-2)28(30)25-29-32(42-3)23-27(24-33(29)43-4)35(7-15-46-19-11-38)8-16-47-20-12-39;1-2/h21-24,36-39H,5-20,25H2,1-4H3;2H,1H3. The number of anilines is 2. The third-order valence-corrected chi connectivity index (χ3v) is 7.23. The third-order valence-electron chi connectivity index (χ3n) is 7.23. The Morgan fingerprint density at radius 2 is 0.673 bits per heavy atom. The number of aliphatic hydroxyl groups is 5. The van der Waals surface area contributed by atoms with Crippen molar-refractivity contribution in [1.29, 1.82) is 0 Å². The summed E-state index contributed by atoms with van der Waals surface area (Å²) in [5.74, 6) is 2.42. The van der Waals surface area contributed by atoms with Gasteiger partial charge >= 0.3 is 0 Å². The first-order valence-corrected chi connectivity index (χ1v) is 16.2. The van der Waals surface area contributed by atoms with Crippen LogP contribution in [0.1, 0.15) is 11.1 Å². The normalized spacial score (nSPS) is 10.7. The summed E-state index contributed by atoms with van der Waals surface area (Å²) >= 11 is 0. The van der Waals surface area contributed by atoms with Gasteiger partial charge in [-0.05, 0) is 0 Å². The maximum Gasteiger partial charge on any atom is 0.128 e. The van der Waals surface area contributed by atoms with E-state index >= 15 is 0 Å². The number of aliphatic hydroxyl groups excluding tert-OH is 5. The van der Waals surface area contributed by atoms with Crippen molar-refractivity contribution in [1.82, 2.24) is 0 Å². The molecule has 0 unspecified atom stereocenters. The molecule has 0 aliphatic heterocycles. The van der Waals surface area contributed by atoms with Crippen LogP contribution in [0.3, 0.4) is 0 Å². The maximum absolute atomic E-state index is 9.10. The van der Waals surface area contributed by atoms with E-state index in [1.54, 1.807) is 28.4 Å². The van der Waals surface area contributed by atoms with Gasteiger partial charge in [0.05, 0.1) is 108 Å². The number of ether oxygens (including phenoxy) is 8. The largest absolute Gasteiger partial charge is 0.496 e. The quantitative estimate of drug-likeness (QED) is 0.0776. The summed E-state index contributed by atoms with van der Waals surface area (Å²) in [6.07, 6.45) is 0.373. The fraction of sp³-hybridized carbons (Fsp3) is 0.647. The topological polar surface area (TPSA) is 181 Å². The average Bonchev–Trinajstić information content (AvgIpc) is 3.14. The molecule has 0 heterocycles. The van der Waals surface area contributed by atoms with Gasteiger partial charge in [-0.15, -0.1) is 0 Å². The van der Waals surface area contributed by atoms with Gasteiger partial charge in [-0.1, -0.05) is 0 Å². The molecule has 0 saturated carbocycles. The Bertz CT molecular complexity index is 966. The SMILES string of the molecule is CO.COc1cc(N(CCOCCO)CCOCCO)cc(OC)c1Cc1c(OC)cc(N(CCOCCO)CCOCCO)cc1OC. The van der Waals surface area contributed by atoms with E-state index in [1.807, 2.05) is 24.3 Å². The summed E-state index contributed by atoms with van der Waals surface area (Å²) < 4.78 is 45.6. The number of rotatable bonds is 28. The van der Waals surface area contributed by atoms with Crippen molar-refractivity contribution in [3.05, 3.63) is 35.4 Å². The summed E-state index contributed by atoms with van der Waals surface area (Å²) in [6, 6.07) is 7.74. The van der Waals surface area contributed by atoms with Gasteiger partial charge in [-0.2, -0.15) is 0 Å². The molecule has 2 aromatic carbocycles. The van der Waals surface area contributed by atoms with Crippen LogP contribution in [0.25, 0.3) is 0 Å². The molecule has 5 N–H and O–H groups in total. The minimum absolute atomic E-state index is 0.0556. The van der Waals surface area contributed by atoms with Crippen molar-refractivity contribution in [2.75, 3.05) is 151 Å². The highest BCUT2D eigenvalue weighted by atomic mass is 16.5. The van der Waals surface area contributed by atoms with E-state index in [0.29, 0.717) is 82.0 Å². The zero-order valence-electron chi connectivity index (χ0n) is 29.7. The number of nitrogens with zero attached hydrogens (tertiary/aromatic N) is 2. The first kappa shape index (κ1) is 43.9. The Kier molecular flexibility index (Phi) is 24.8. The smallest absolute Gasteiger partial charge is 0.128 e. The minimum Gasteiger partial charge on any atom is -0.496 e. The Labute approximate surface area is 290 Å². The number of hydrogen-bond donors (Lipinski definition) is 5. The van der Waals surface area contributed by atoms with Gasteiger partial charge in [-0.25, -0.2) is 0 Å². The van der Waals surface area contributed by atoms with E-state index in [9.17, 15) is 0 Å². The monoisotopic (exact) mass is 702 g/mol.